The lowest BCUT2D eigenvalue weighted by molar-refractivity contribution is -0.120. The van der Waals surface area contributed by atoms with Gasteiger partial charge in [0.05, 0.1) is 6.42 Å². The van der Waals surface area contributed by atoms with E-state index in [-0.39, 0.29) is 10.7 Å². The first-order chi connectivity index (χ1) is 9.60. The van der Waals surface area contributed by atoms with E-state index in [0.717, 1.165) is 30.5 Å². The maximum atomic E-state index is 12.1. The minimum absolute atomic E-state index is 0.0752. The van der Waals surface area contributed by atoms with Gasteiger partial charge in [-0.1, -0.05) is 38.1 Å². The first-order valence-corrected chi connectivity index (χ1v) is 8.42. The smallest absolute Gasteiger partial charge is 0.224 e. The van der Waals surface area contributed by atoms with Crippen molar-refractivity contribution in [2.45, 2.75) is 44.4 Å². The zero-order valence-electron chi connectivity index (χ0n) is 12.7. The van der Waals surface area contributed by atoms with Crippen LogP contribution in [-0.4, -0.2) is 23.5 Å². The minimum Gasteiger partial charge on any atom is -0.354 e. The summed E-state index contributed by atoms with van der Waals surface area (Å²) in [5, 5.41) is 3.08. The molecule has 1 amide bonds. The Morgan fingerprint density at radius 2 is 1.85 bits per heavy atom. The third-order valence-corrected chi connectivity index (χ3v) is 5.61. The lowest BCUT2D eigenvalue weighted by Crippen LogP contribution is -2.40. The maximum Gasteiger partial charge on any atom is 0.224 e. The fourth-order valence-corrected chi connectivity index (χ4v) is 3.08. The number of nitrogens with one attached hydrogen (secondary N) is 1. The van der Waals surface area contributed by atoms with Crippen molar-refractivity contribution in [3.05, 3.63) is 35.4 Å². The number of hydrogen-bond donors (Lipinski definition) is 2. The van der Waals surface area contributed by atoms with Gasteiger partial charge in [-0.05, 0) is 30.2 Å². The predicted molar refractivity (Wildman–Crippen MR) is 87.9 cm³/mol. The summed E-state index contributed by atoms with van der Waals surface area (Å²) in [4.78, 5) is 12.1. The van der Waals surface area contributed by atoms with Crippen molar-refractivity contribution in [2.75, 3.05) is 12.8 Å². The number of carbonyl (C=O) groups is 1. The SMILES string of the molecule is CCC(CC)(CNC(=O)Cc1ccccc1CN)SC. The summed E-state index contributed by atoms with van der Waals surface area (Å²) < 4.78 is 0.156. The van der Waals surface area contributed by atoms with Gasteiger partial charge in [0.2, 0.25) is 5.91 Å². The van der Waals surface area contributed by atoms with Crippen LogP contribution in [0, 0.1) is 0 Å². The van der Waals surface area contributed by atoms with Crippen molar-refractivity contribution >= 4 is 17.7 Å². The molecule has 0 aliphatic rings. The van der Waals surface area contributed by atoms with Gasteiger partial charge in [-0.2, -0.15) is 11.8 Å². The zero-order chi connectivity index (χ0) is 15.0. The van der Waals surface area contributed by atoms with Crippen molar-refractivity contribution < 1.29 is 4.79 Å². The Balaban J connectivity index is 2.60. The van der Waals surface area contributed by atoms with Crippen molar-refractivity contribution in [2.24, 2.45) is 5.73 Å². The molecule has 0 radical (unpaired) electrons. The first-order valence-electron chi connectivity index (χ1n) is 7.19. The Hall–Kier alpha value is -1.00. The van der Waals surface area contributed by atoms with Crippen LogP contribution in [0.1, 0.15) is 37.8 Å². The molecule has 0 aromatic heterocycles. The monoisotopic (exact) mass is 294 g/mol. The number of nitrogens with two attached hydrogens (primary N) is 1. The number of rotatable bonds is 8. The molecule has 0 heterocycles. The van der Waals surface area contributed by atoms with Gasteiger partial charge >= 0.3 is 0 Å². The van der Waals surface area contributed by atoms with Gasteiger partial charge in [0.15, 0.2) is 0 Å². The summed E-state index contributed by atoms with van der Waals surface area (Å²) in [7, 11) is 0. The molecule has 1 rings (SSSR count). The number of benzene rings is 1. The topological polar surface area (TPSA) is 55.1 Å². The van der Waals surface area contributed by atoms with E-state index in [0.29, 0.717) is 13.0 Å². The highest BCUT2D eigenvalue weighted by molar-refractivity contribution is 8.00. The predicted octanol–water partition coefficient (Wildman–Crippen LogP) is 2.73. The third-order valence-electron chi connectivity index (χ3n) is 4.02. The summed E-state index contributed by atoms with van der Waals surface area (Å²) in [6.07, 6.45) is 4.64. The molecule has 0 saturated carbocycles. The highest BCUT2D eigenvalue weighted by Gasteiger charge is 2.25. The molecule has 1 aromatic rings. The van der Waals surface area contributed by atoms with Crippen LogP contribution in [0.4, 0.5) is 0 Å². The van der Waals surface area contributed by atoms with E-state index in [9.17, 15) is 4.79 Å². The Labute approximate surface area is 126 Å². The van der Waals surface area contributed by atoms with Crippen LogP contribution in [-0.2, 0) is 17.8 Å². The van der Waals surface area contributed by atoms with Crippen LogP contribution in [0.5, 0.6) is 0 Å². The van der Waals surface area contributed by atoms with E-state index in [1.165, 1.54) is 0 Å². The van der Waals surface area contributed by atoms with Crippen LogP contribution in [0.15, 0.2) is 24.3 Å². The van der Waals surface area contributed by atoms with E-state index in [4.69, 9.17) is 5.73 Å². The molecule has 0 saturated heterocycles. The average molecular weight is 294 g/mol. The van der Waals surface area contributed by atoms with Crippen molar-refractivity contribution in [1.29, 1.82) is 0 Å². The molecular formula is C16H26N2OS. The van der Waals surface area contributed by atoms with E-state index in [1.54, 1.807) is 0 Å². The molecule has 0 unspecified atom stereocenters. The zero-order valence-corrected chi connectivity index (χ0v) is 13.6. The van der Waals surface area contributed by atoms with E-state index < -0.39 is 0 Å². The first kappa shape index (κ1) is 17.1. The highest BCUT2D eigenvalue weighted by Crippen LogP contribution is 2.29. The summed E-state index contributed by atoms with van der Waals surface area (Å²) in [6.45, 7) is 5.55. The highest BCUT2D eigenvalue weighted by atomic mass is 32.2. The van der Waals surface area contributed by atoms with Crippen LogP contribution in [0.25, 0.3) is 0 Å². The lowest BCUT2D eigenvalue weighted by Gasteiger charge is -2.29. The Bertz CT molecular complexity index is 422. The summed E-state index contributed by atoms with van der Waals surface area (Å²) in [5.74, 6) is 0.0752. The Kier molecular flexibility index (Phi) is 7.10. The van der Waals surface area contributed by atoms with Gasteiger partial charge in [-0.3, -0.25) is 4.79 Å². The largest absolute Gasteiger partial charge is 0.354 e. The molecule has 0 bridgehead atoms. The molecule has 0 fully saturated rings. The molecule has 0 aliphatic carbocycles. The number of hydrogen-bond acceptors (Lipinski definition) is 3. The summed E-state index contributed by atoms with van der Waals surface area (Å²) in [5.41, 5.74) is 7.77. The quantitative estimate of drug-likeness (QED) is 0.775. The molecule has 3 N–H and O–H groups in total. The van der Waals surface area contributed by atoms with E-state index >= 15 is 0 Å². The van der Waals surface area contributed by atoms with Gasteiger partial charge in [0.1, 0.15) is 0 Å². The maximum absolute atomic E-state index is 12.1. The second kappa shape index (κ2) is 8.32. The standard InChI is InChI=1S/C16H26N2OS/c1-4-16(5-2,20-3)12-18-15(19)10-13-8-6-7-9-14(13)11-17/h6-9H,4-5,10-12,17H2,1-3H3,(H,18,19). The molecule has 0 atom stereocenters. The van der Waals surface area contributed by atoms with Gasteiger partial charge in [0, 0.05) is 17.8 Å². The van der Waals surface area contributed by atoms with E-state index in [2.05, 4.69) is 25.4 Å². The normalized spacial score (nSPS) is 11.4. The molecule has 0 aliphatic heterocycles. The molecule has 112 valence electrons. The van der Waals surface area contributed by atoms with Gasteiger partial charge in [-0.25, -0.2) is 0 Å². The number of thioether (sulfide) groups is 1. The molecular weight excluding hydrogens is 268 g/mol. The van der Waals surface area contributed by atoms with Crippen LogP contribution < -0.4 is 11.1 Å². The minimum atomic E-state index is 0.0752. The molecule has 3 nitrogen and oxygen atoms in total. The molecule has 1 aromatic carbocycles. The number of carbonyl (C=O) groups excluding carboxylic acids is 1. The fourth-order valence-electron chi connectivity index (χ4n) is 2.29. The average Bonchev–Trinajstić information content (AvgIpc) is 2.50. The van der Waals surface area contributed by atoms with E-state index in [1.807, 2.05) is 36.0 Å². The third kappa shape index (κ3) is 4.53. The summed E-state index contributed by atoms with van der Waals surface area (Å²) in [6, 6.07) is 7.86. The van der Waals surface area contributed by atoms with Crippen molar-refractivity contribution in [3.63, 3.8) is 0 Å². The second-order valence-electron chi connectivity index (χ2n) is 5.02. The fraction of sp³-hybridized carbons (Fsp3) is 0.562. The second-order valence-corrected chi connectivity index (χ2v) is 6.29. The van der Waals surface area contributed by atoms with Crippen LogP contribution in [0.3, 0.4) is 0 Å². The van der Waals surface area contributed by atoms with Crippen molar-refractivity contribution in [1.82, 2.24) is 5.32 Å². The Morgan fingerprint density at radius 1 is 1.25 bits per heavy atom. The Morgan fingerprint density at radius 3 is 2.35 bits per heavy atom. The molecule has 4 heteroatoms. The van der Waals surface area contributed by atoms with Gasteiger partial charge in [-0.15, -0.1) is 0 Å². The molecule has 0 spiro atoms. The van der Waals surface area contributed by atoms with Gasteiger partial charge in [0.25, 0.3) is 0 Å². The van der Waals surface area contributed by atoms with Crippen molar-refractivity contribution in [3.8, 4) is 0 Å². The van der Waals surface area contributed by atoms with Crippen LogP contribution >= 0.6 is 11.8 Å². The van der Waals surface area contributed by atoms with Crippen LogP contribution in [0.2, 0.25) is 0 Å². The molecule has 20 heavy (non-hydrogen) atoms. The lowest BCUT2D eigenvalue weighted by atomic mass is 10.0. The van der Waals surface area contributed by atoms with Gasteiger partial charge < -0.3 is 11.1 Å². The summed E-state index contributed by atoms with van der Waals surface area (Å²) >= 11 is 1.84. The number of amides is 1.